The third kappa shape index (κ3) is 3.28. The summed E-state index contributed by atoms with van der Waals surface area (Å²) in [6, 6.07) is 9.37. The molecule has 0 fully saturated rings. The van der Waals surface area contributed by atoms with Gasteiger partial charge in [-0.25, -0.2) is 8.78 Å². The number of hydrogen-bond acceptors (Lipinski definition) is 2. The van der Waals surface area contributed by atoms with Gasteiger partial charge in [0.05, 0.1) is 11.6 Å². The maximum absolute atomic E-state index is 13.6. The number of anilines is 1. The van der Waals surface area contributed by atoms with Gasteiger partial charge >= 0.3 is 0 Å². The second kappa shape index (κ2) is 6.22. The summed E-state index contributed by atoms with van der Waals surface area (Å²) < 4.78 is 32.4. The smallest absolute Gasteiger partial charge is 0.165 e. The molecule has 1 N–H and O–H groups in total. The van der Waals surface area contributed by atoms with Crippen LogP contribution in [-0.4, -0.2) is 7.11 Å². The number of ether oxygens (including phenoxy) is 1. The van der Waals surface area contributed by atoms with Crippen molar-refractivity contribution in [3.8, 4) is 5.75 Å². The van der Waals surface area contributed by atoms with E-state index >= 15 is 0 Å². The molecular formula is C15H14BrF2NO. The minimum absolute atomic E-state index is 0.156. The Morgan fingerprint density at radius 2 is 1.85 bits per heavy atom. The third-order valence-electron chi connectivity index (χ3n) is 2.98. The predicted molar refractivity (Wildman–Crippen MR) is 79.1 cm³/mol. The summed E-state index contributed by atoms with van der Waals surface area (Å²) in [5, 5.41) is 3.12. The normalized spacial score (nSPS) is 12.1. The molecule has 2 nitrogen and oxygen atoms in total. The highest BCUT2D eigenvalue weighted by Gasteiger charge is 2.10. The molecule has 0 spiro atoms. The van der Waals surface area contributed by atoms with Crippen LogP contribution in [0.2, 0.25) is 0 Å². The molecule has 0 amide bonds. The standard InChI is InChI=1S/C15H14BrF2NO/c1-9(10-3-6-15(20-2)14(18)7-10)19-11-4-5-12(16)13(17)8-11/h3-9,19H,1-2H3. The summed E-state index contributed by atoms with van der Waals surface area (Å²) in [5.41, 5.74) is 1.39. The van der Waals surface area contributed by atoms with Crippen LogP contribution in [0.5, 0.6) is 5.75 Å². The quantitative estimate of drug-likeness (QED) is 0.853. The van der Waals surface area contributed by atoms with Crippen LogP contribution in [-0.2, 0) is 0 Å². The lowest BCUT2D eigenvalue weighted by Gasteiger charge is -2.16. The maximum atomic E-state index is 13.6. The van der Waals surface area contributed by atoms with Gasteiger partial charge in [0.25, 0.3) is 0 Å². The minimum atomic E-state index is -0.416. The monoisotopic (exact) mass is 341 g/mol. The van der Waals surface area contributed by atoms with E-state index in [9.17, 15) is 8.78 Å². The zero-order chi connectivity index (χ0) is 14.7. The van der Waals surface area contributed by atoms with Crippen LogP contribution in [0.3, 0.4) is 0 Å². The fourth-order valence-electron chi connectivity index (χ4n) is 1.87. The first-order valence-electron chi connectivity index (χ1n) is 6.06. The molecule has 106 valence electrons. The molecule has 0 bridgehead atoms. The highest BCUT2D eigenvalue weighted by Crippen LogP contribution is 2.26. The predicted octanol–water partition coefficient (Wildman–Crippen LogP) is 4.91. The fourth-order valence-corrected chi connectivity index (χ4v) is 2.12. The summed E-state index contributed by atoms with van der Waals surface area (Å²) in [7, 11) is 1.42. The van der Waals surface area contributed by atoms with Gasteiger partial charge in [0, 0.05) is 11.7 Å². The molecule has 2 rings (SSSR count). The van der Waals surface area contributed by atoms with Gasteiger partial charge in [-0.3, -0.25) is 0 Å². The number of benzene rings is 2. The second-order valence-electron chi connectivity index (χ2n) is 4.39. The van der Waals surface area contributed by atoms with E-state index in [4.69, 9.17) is 4.74 Å². The molecule has 0 aliphatic rings. The highest BCUT2D eigenvalue weighted by atomic mass is 79.9. The van der Waals surface area contributed by atoms with Crippen molar-refractivity contribution < 1.29 is 13.5 Å². The lowest BCUT2D eigenvalue weighted by Crippen LogP contribution is -2.07. The molecule has 20 heavy (non-hydrogen) atoms. The number of halogens is 3. The van der Waals surface area contributed by atoms with Crippen molar-refractivity contribution in [3.63, 3.8) is 0 Å². The molecule has 0 saturated carbocycles. The van der Waals surface area contributed by atoms with Crippen molar-refractivity contribution in [3.05, 3.63) is 58.1 Å². The Morgan fingerprint density at radius 1 is 1.10 bits per heavy atom. The fraction of sp³-hybridized carbons (Fsp3) is 0.200. The van der Waals surface area contributed by atoms with Crippen molar-refractivity contribution in [1.29, 1.82) is 0 Å². The largest absolute Gasteiger partial charge is 0.494 e. The van der Waals surface area contributed by atoms with E-state index in [0.717, 1.165) is 5.56 Å². The van der Waals surface area contributed by atoms with E-state index in [-0.39, 0.29) is 17.6 Å². The van der Waals surface area contributed by atoms with E-state index in [1.54, 1.807) is 24.3 Å². The minimum Gasteiger partial charge on any atom is -0.494 e. The molecule has 0 heterocycles. The van der Waals surface area contributed by atoms with Gasteiger partial charge in [0.1, 0.15) is 5.82 Å². The van der Waals surface area contributed by atoms with Gasteiger partial charge in [0.2, 0.25) is 0 Å². The Morgan fingerprint density at radius 3 is 2.45 bits per heavy atom. The molecule has 2 aromatic carbocycles. The Labute approximate surface area is 124 Å². The zero-order valence-corrected chi connectivity index (χ0v) is 12.7. The number of rotatable bonds is 4. The van der Waals surface area contributed by atoms with Gasteiger partial charge < -0.3 is 10.1 Å². The SMILES string of the molecule is COc1ccc(C(C)Nc2ccc(Br)c(F)c2)cc1F. The molecule has 1 unspecified atom stereocenters. The van der Waals surface area contributed by atoms with Crippen molar-refractivity contribution in [2.24, 2.45) is 0 Å². The summed E-state index contributed by atoms with van der Waals surface area (Å²) in [4.78, 5) is 0. The Bertz CT molecular complexity index is 619. The first-order valence-corrected chi connectivity index (χ1v) is 6.85. The maximum Gasteiger partial charge on any atom is 0.165 e. The molecule has 5 heteroatoms. The van der Waals surface area contributed by atoms with Gasteiger partial charge in [-0.1, -0.05) is 6.07 Å². The molecule has 1 atom stereocenters. The Balaban J connectivity index is 2.17. The number of nitrogens with one attached hydrogen (secondary N) is 1. The first kappa shape index (κ1) is 14.8. The van der Waals surface area contributed by atoms with Crippen molar-refractivity contribution >= 4 is 21.6 Å². The lowest BCUT2D eigenvalue weighted by atomic mass is 10.1. The summed E-state index contributed by atoms with van der Waals surface area (Å²) in [5.74, 6) is -0.556. The Hall–Kier alpha value is -1.62. The third-order valence-corrected chi connectivity index (χ3v) is 3.62. The average molecular weight is 342 g/mol. The summed E-state index contributed by atoms with van der Waals surface area (Å²) in [6.45, 7) is 1.88. The van der Waals surface area contributed by atoms with Gasteiger partial charge in [0.15, 0.2) is 11.6 Å². The number of hydrogen-bond donors (Lipinski definition) is 1. The van der Waals surface area contributed by atoms with Crippen LogP contribution in [0.25, 0.3) is 0 Å². The summed E-state index contributed by atoms with van der Waals surface area (Å²) >= 11 is 3.10. The van der Waals surface area contributed by atoms with E-state index in [1.807, 2.05) is 6.92 Å². The topological polar surface area (TPSA) is 21.3 Å². The Kier molecular flexibility index (Phi) is 4.60. The molecule has 0 saturated heterocycles. The highest BCUT2D eigenvalue weighted by molar-refractivity contribution is 9.10. The molecule has 0 aliphatic heterocycles. The molecule has 0 aromatic heterocycles. The van der Waals surface area contributed by atoms with Crippen LogP contribution in [0.15, 0.2) is 40.9 Å². The van der Waals surface area contributed by atoms with Crippen LogP contribution >= 0.6 is 15.9 Å². The molecular weight excluding hydrogens is 328 g/mol. The van der Waals surface area contributed by atoms with Crippen LogP contribution in [0.4, 0.5) is 14.5 Å². The van der Waals surface area contributed by atoms with Gasteiger partial charge in [-0.05, 0) is 58.7 Å². The van der Waals surface area contributed by atoms with E-state index in [2.05, 4.69) is 21.2 Å². The first-order chi connectivity index (χ1) is 9.51. The van der Waals surface area contributed by atoms with Crippen molar-refractivity contribution in [1.82, 2.24) is 0 Å². The van der Waals surface area contributed by atoms with Gasteiger partial charge in [-0.15, -0.1) is 0 Å². The molecule has 2 aromatic rings. The van der Waals surface area contributed by atoms with Crippen molar-refractivity contribution in [2.75, 3.05) is 12.4 Å². The average Bonchev–Trinajstić information content (AvgIpc) is 2.42. The van der Waals surface area contributed by atoms with E-state index in [0.29, 0.717) is 10.2 Å². The molecule has 0 aliphatic carbocycles. The molecule has 0 radical (unpaired) electrons. The van der Waals surface area contributed by atoms with Crippen LogP contribution in [0, 0.1) is 11.6 Å². The second-order valence-corrected chi connectivity index (χ2v) is 5.24. The van der Waals surface area contributed by atoms with Crippen LogP contribution in [0.1, 0.15) is 18.5 Å². The van der Waals surface area contributed by atoms with E-state index in [1.165, 1.54) is 19.2 Å². The summed E-state index contributed by atoms with van der Waals surface area (Å²) in [6.07, 6.45) is 0. The van der Waals surface area contributed by atoms with Gasteiger partial charge in [-0.2, -0.15) is 0 Å². The zero-order valence-electron chi connectivity index (χ0n) is 11.1. The van der Waals surface area contributed by atoms with Crippen LogP contribution < -0.4 is 10.1 Å². The number of methoxy groups -OCH3 is 1. The lowest BCUT2D eigenvalue weighted by molar-refractivity contribution is 0.386. The van der Waals surface area contributed by atoms with E-state index < -0.39 is 5.82 Å². The van der Waals surface area contributed by atoms with Crippen molar-refractivity contribution in [2.45, 2.75) is 13.0 Å².